The summed E-state index contributed by atoms with van der Waals surface area (Å²) in [7, 11) is 0. The van der Waals surface area contributed by atoms with Crippen molar-refractivity contribution in [3.8, 4) is 0 Å². The molecule has 0 aliphatic heterocycles. The predicted molar refractivity (Wildman–Crippen MR) is 130 cm³/mol. The average molecular weight is 476 g/mol. The number of carbonyl (C=O) groups is 1. The van der Waals surface area contributed by atoms with E-state index in [1.165, 1.54) is 35.2 Å². The molecule has 0 saturated carbocycles. The lowest BCUT2D eigenvalue weighted by Crippen LogP contribution is -2.43. The van der Waals surface area contributed by atoms with Crippen LogP contribution in [0.1, 0.15) is 19.4 Å². The Labute approximate surface area is 199 Å². The summed E-state index contributed by atoms with van der Waals surface area (Å²) >= 11 is 0. The van der Waals surface area contributed by atoms with Gasteiger partial charge in [-0.3, -0.25) is 24.3 Å². The zero-order valence-corrected chi connectivity index (χ0v) is 19.2. The number of benzene rings is 2. The third-order valence-electron chi connectivity index (χ3n) is 5.39. The molecule has 0 unspecified atom stereocenters. The highest BCUT2D eigenvalue weighted by molar-refractivity contribution is 5.90. The fraction of sp³-hybridized carbons (Fsp3) is 0.250. The number of aromatic nitrogens is 4. The Morgan fingerprint density at radius 3 is 2.37 bits per heavy atom. The van der Waals surface area contributed by atoms with E-state index in [2.05, 4.69) is 10.3 Å². The van der Waals surface area contributed by atoms with Gasteiger partial charge in [0, 0.05) is 24.4 Å². The van der Waals surface area contributed by atoms with E-state index in [-0.39, 0.29) is 29.3 Å². The lowest BCUT2D eigenvalue weighted by Gasteiger charge is -2.13. The van der Waals surface area contributed by atoms with E-state index in [1.54, 1.807) is 4.57 Å². The Morgan fingerprint density at radius 1 is 1.06 bits per heavy atom. The first-order valence-corrected chi connectivity index (χ1v) is 11.0. The van der Waals surface area contributed by atoms with Crippen molar-refractivity contribution < 1.29 is 9.72 Å². The summed E-state index contributed by atoms with van der Waals surface area (Å²) in [4.78, 5) is 54.1. The quantitative estimate of drug-likeness (QED) is 0.307. The van der Waals surface area contributed by atoms with Gasteiger partial charge in [0.1, 0.15) is 6.54 Å². The van der Waals surface area contributed by atoms with Gasteiger partial charge < -0.3 is 9.88 Å². The monoisotopic (exact) mass is 476 g/mol. The zero-order chi connectivity index (χ0) is 25.1. The SMILES string of the molecule is CC(C)Cn1cnc2c1c(=O)n(CC(=O)Nc1ccc([N+](=O)[O-])cc1)c(=O)n2Cc1ccccc1. The van der Waals surface area contributed by atoms with Crippen LogP contribution in [-0.2, 0) is 24.4 Å². The molecule has 11 heteroatoms. The Kier molecular flexibility index (Phi) is 6.58. The molecule has 1 amide bonds. The van der Waals surface area contributed by atoms with Gasteiger partial charge in [0.25, 0.3) is 11.2 Å². The van der Waals surface area contributed by atoms with Crippen LogP contribution in [-0.4, -0.2) is 29.5 Å². The first kappa shape index (κ1) is 23.6. The number of amides is 1. The predicted octanol–water partition coefficient (Wildman–Crippen LogP) is 2.61. The van der Waals surface area contributed by atoms with Crippen LogP contribution in [0.2, 0.25) is 0 Å². The molecule has 0 saturated heterocycles. The third-order valence-corrected chi connectivity index (χ3v) is 5.39. The summed E-state index contributed by atoms with van der Waals surface area (Å²) in [5.74, 6) is -0.390. The maximum atomic E-state index is 13.4. The first-order chi connectivity index (χ1) is 16.7. The number of rotatable bonds is 8. The van der Waals surface area contributed by atoms with E-state index in [0.29, 0.717) is 12.2 Å². The van der Waals surface area contributed by atoms with Gasteiger partial charge in [0.2, 0.25) is 5.91 Å². The number of nitro groups is 1. The van der Waals surface area contributed by atoms with E-state index >= 15 is 0 Å². The molecule has 35 heavy (non-hydrogen) atoms. The van der Waals surface area contributed by atoms with Crippen molar-refractivity contribution in [1.29, 1.82) is 0 Å². The molecule has 11 nitrogen and oxygen atoms in total. The molecule has 2 aromatic carbocycles. The van der Waals surface area contributed by atoms with Crippen LogP contribution in [0, 0.1) is 16.0 Å². The number of nitro benzene ring substituents is 1. The fourth-order valence-corrected chi connectivity index (χ4v) is 3.83. The minimum absolute atomic E-state index is 0.119. The topological polar surface area (TPSA) is 134 Å². The molecular formula is C24H24N6O5. The van der Waals surface area contributed by atoms with Crippen molar-refractivity contribution >= 4 is 28.4 Å². The number of imidazole rings is 1. The second-order valence-corrected chi connectivity index (χ2v) is 8.56. The van der Waals surface area contributed by atoms with E-state index in [1.807, 2.05) is 44.2 Å². The van der Waals surface area contributed by atoms with Crippen LogP contribution in [0.3, 0.4) is 0 Å². The maximum Gasteiger partial charge on any atom is 0.333 e. The average Bonchev–Trinajstić information content (AvgIpc) is 3.23. The van der Waals surface area contributed by atoms with Crippen LogP contribution in [0.4, 0.5) is 11.4 Å². The summed E-state index contributed by atoms with van der Waals surface area (Å²) < 4.78 is 3.99. The Balaban J connectivity index is 1.74. The molecule has 4 aromatic rings. The maximum absolute atomic E-state index is 13.4. The van der Waals surface area contributed by atoms with Crippen LogP contribution in [0.5, 0.6) is 0 Å². The molecule has 2 aromatic heterocycles. The van der Waals surface area contributed by atoms with Gasteiger partial charge in [0.05, 0.1) is 17.8 Å². The molecule has 0 atom stereocenters. The van der Waals surface area contributed by atoms with Gasteiger partial charge in [-0.25, -0.2) is 14.3 Å². The third kappa shape index (κ3) is 5.03. The van der Waals surface area contributed by atoms with E-state index in [0.717, 1.165) is 10.1 Å². The van der Waals surface area contributed by atoms with E-state index < -0.39 is 28.6 Å². The lowest BCUT2D eigenvalue weighted by molar-refractivity contribution is -0.384. The molecule has 0 aliphatic carbocycles. The minimum atomic E-state index is -0.653. The number of nitrogens with one attached hydrogen (secondary N) is 1. The van der Waals surface area contributed by atoms with Crippen LogP contribution in [0.25, 0.3) is 11.2 Å². The van der Waals surface area contributed by atoms with E-state index in [9.17, 15) is 24.5 Å². The number of fused-ring (bicyclic) bond motifs is 1. The molecule has 4 rings (SSSR count). The van der Waals surface area contributed by atoms with Crippen molar-refractivity contribution in [3.63, 3.8) is 0 Å². The molecule has 2 heterocycles. The smallest absolute Gasteiger partial charge is 0.325 e. The Bertz CT molecular complexity index is 1500. The van der Waals surface area contributed by atoms with Gasteiger partial charge in [-0.1, -0.05) is 44.2 Å². The molecule has 0 fully saturated rings. The molecule has 1 N–H and O–H groups in total. The summed E-state index contributed by atoms with van der Waals surface area (Å²) in [6, 6.07) is 14.6. The van der Waals surface area contributed by atoms with E-state index in [4.69, 9.17) is 0 Å². The van der Waals surface area contributed by atoms with Gasteiger partial charge in [-0.2, -0.15) is 0 Å². The zero-order valence-electron chi connectivity index (χ0n) is 19.2. The highest BCUT2D eigenvalue weighted by atomic mass is 16.6. The number of hydrogen-bond acceptors (Lipinski definition) is 6. The van der Waals surface area contributed by atoms with Gasteiger partial charge >= 0.3 is 5.69 Å². The normalized spacial score (nSPS) is 11.2. The van der Waals surface area contributed by atoms with Crippen molar-refractivity contribution in [3.05, 3.63) is 97.4 Å². The number of carbonyl (C=O) groups excluding carboxylic acids is 1. The highest BCUT2D eigenvalue weighted by Crippen LogP contribution is 2.16. The standard InChI is InChI=1S/C24H24N6O5/c1-16(2)12-27-15-25-22-21(27)23(32)29(24(33)28(22)13-17-6-4-3-5-7-17)14-20(31)26-18-8-10-19(11-9-18)30(34)35/h3-11,15-16H,12-14H2,1-2H3,(H,26,31). The van der Waals surface area contributed by atoms with Crippen LogP contribution in [0.15, 0.2) is 70.5 Å². The summed E-state index contributed by atoms with van der Waals surface area (Å²) in [5, 5.41) is 13.4. The molecular weight excluding hydrogens is 452 g/mol. The number of nitrogens with zero attached hydrogens (tertiary/aromatic N) is 5. The highest BCUT2D eigenvalue weighted by Gasteiger charge is 2.20. The number of hydrogen-bond donors (Lipinski definition) is 1. The van der Waals surface area contributed by atoms with Crippen molar-refractivity contribution in [2.45, 2.75) is 33.5 Å². The Morgan fingerprint density at radius 2 is 1.74 bits per heavy atom. The molecule has 0 spiro atoms. The summed E-state index contributed by atoms with van der Waals surface area (Å²) in [5.41, 5.74) is 0.283. The molecule has 180 valence electrons. The largest absolute Gasteiger partial charge is 0.333 e. The number of non-ortho nitro benzene ring substituents is 1. The van der Waals surface area contributed by atoms with Crippen LogP contribution >= 0.6 is 0 Å². The second kappa shape index (κ2) is 9.75. The summed E-state index contributed by atoms with van der Waals surface area (Å²) in [6.07, 6.45) is 1.54. The fourth-order valence-electron chi connectivity index (χ4n) is 3.83. The summed E-state index contributed by atoms with van der Waals surface area (Å²) in [6.45, 7) is 4.18. The lowest BCUT2D eigenvalue weighted by atomic mass is 10.2. The van der Waals surface area contributed by atoms with Crippen molar-refractivity contribution in [2.24, 2.45) is 5.92 Å². The van der Waals surface area contributed by atoms with Crippen LogP contribution < -0.4 is 16.6 Å². The van der Waals surface area contributed by atoms with Gasteiger partial charge in [-0.05, 0) is 23.6 Å². The second-order valence-electron chi connectivity index (χ2n) is 8.56. The van der Waals surface area contributed by atoms with Gasteiger partial charge in [0.15, 0.2) is 11.2 Å². The molecule has 0 radical (unpaired) electrons. The number of anilines is 1. The molecule has 0 bridgehead atoms. The Hall–Kier alpha value is -4.54. The van der Waals surface area contributed by atoms with Gasteiger partial charge in [-0.15, -0.1) is 0 Å². The van der Waals surface area contributed by atoms with Crippen molar-refractivity contribution in [2.75, 3.05) is 5.32 Å². The minimum Gasteiger partial charge on any atom is -0.325 e. The molecule has 0 aliphatic rings. The van der Waals surface area contributed by atoms with Crippen molar-refractivity contribution in [1.82, 2.24) is 18.7 Å². The first-order valence-electron chi connectivity index (χ1n) is 11.0.